The lowest BCUT2D eigenvalue weighted by atomic mass is 10.1. The van der Waals surface area contributed by atoms with Crippen LogP contribution in [0.1, 0.15) is 47.0 Å². The second-order valence-corrected chi connectivity index (χ2v) is 11.3. The maximum absolute atomic E-state index is 9.60. The molecule has 0 heterocycles. The molecule has 2 atom stereocenters. The minimum Gasteiger partial charge on any atom is -0.417 e. The first-order valence-electron chi connectivity index (χ1n) is 6.56. The van der Waals surface area contributed by atoms with Crippen LogP contribution in [0.3, 0.4) is 0 Å². The Hall–Kier alpha value is 0.0969. The summed E-state index contributed by atoms with van der Waals surface area (Å²) in [4.78, 5) is 0. The molecule has 17 heavy (non-hydrogen) atoms. The zero-order valence-electron chi connectivity index (χ0n) is 12.3. The second-order valence-electron chi connectivity index (χ2n) is 6.49. The van der Waals surface area contributed by atoms with Crippen LogP contribution in [0.15, 0.2) is 0 Å². The van der Waals surface area contributed by atoms with Gasteiger partial charge in [-0.1, -0.05) is 20.8 Å². The Morgan fingerprint density at radius 3 is 2.12 bits per heavy atom. The molecular formula is C13H30O3Si. The van der Waals surface area contributed by atoms with Gasteiger partial charge >= 0.3 is 0 Å². The fourth-order valence-corrected chi connectivity index (χ4v) is 2.46. The number of hydrogen-bond acceptors (Lipinski definition) is 3. The van der Waals surface area contributed by atoms with Crippen molar-refractivity contribution in [3.63, 3.8) is 0 Å². The molecule has 0 aromatic heterocycles. The van der Waals surface area contributed by atoms with E-state index in [9.17, 15) is 5.11 Å². The lowest BCUT2D eigenvalue weighted by Crippen LogP contribution is -2.41. The van der Waals surface area contributed by atoms with Gasteiger partial charge in [-0.2, -0.15) is 0 Å². The second kappa shape index (κ2) is 6.88. The van der Waals surface area contributed by atoms with E-state index >= 15 is 0 Å². The smallest absolute Gasteiger partial charge is 0.191 e. The van der Waals surface area contributed by atoms with Crippen molar-refractivity contribution in [3.8, 4) is 0 Å². The lowest BCUT2D eigenvalue weighted by molar-refractivity contribution is 0.0802. The van der Waals surface area contributed by atoms with E-state index in [1.807, 2.05) is 0 Å². The molecule has 0 rings (SSSR count). The van der Waals surface area contributed by atoms with Gasteiger partial charge < -0.3 is 14.6 Å². The summed E-state index contributed by atoms with van der Waals surface area (Å²) in [5.74, 6) is 0. The largest absolute Gasteiger partial charge is 0.417 e. The van der Waals surface area contributed by atoms with Crippen molar-refractivity contribution < 1.29 is 14.6 Å². The summed E-state index contributed by atoms with van der Waals surface area (Å²) in [5.41, 5.74) is 0. The predicted molar refractivity (Wildman–Crippen MR) is 74.7 cm³/mol. The highest BCUT2D eigenvalue weighted by atomic mass is 28.4. The van der Waals surface area contributed by atoms with E-state index in [1.54, 1.807) is 6.92 Å². The van der Waals surface area contributed by atoms with Crippen LogP contribution in [-0.2, 0) is 4.43 Å². The SMILES string of the molecule is C[C@@H](O)C[C@H](O)CCCO[Si](C)(C)C(C)(C)C. The van der Waals surface area contributed by atoms with Crippen molar-refractivity contribution in [3.05, 3.63) is 0 Å². The zero-order valence-corrected chi connectivity index (χ0v) is 13.3. The molecule has 0 unspecified atom stereocenters. The fourth-order valence-electron chi connectivity index (χ4n) is 1.37. The molecule has 0 fully saturated rings. The van der Waals surface area contributed by atoms with E-state index in [4.69, 9.17) is 9.53 Å². The Labute approximate surface area is 107 Å². The normalized spacial score (nSPS) is 16.9. The van der Waals surface area contributed by atoms with E-state index in [0.717, 1.165) is 6.42 Å². The highest BCUT2D eigenvalue weighted by Crippen LogP contribution is 2.36. The maximum Gasteiger partial charge on any atom is 0.191 e. The number of hydrogen-bond donors (Lipinski definition) is 2. The summed E-state index contributed by atoms with van der Waals surface area (Å²) >= 11 is 0. The van der Waals surface area contributed by atoms with Crippen LogP contribution >= 0.6 is 0 Å². The first-order valence-corrected chi connectivity index (χ1v) is 9.47. The monoisotopic (exact) mass is 262 g/mol. The summed E-state index contributed by atoms with van der Waals surface area (Å²) < 4.78 is 6.01. The van der Waals surface area contributed by atoms with Crippen molar-refractivity contribution in [1.82, 2.24) is 0 Å². The molecule has 0 saturated carbocycles. The molecule has 2 N–H and O–H groups in total. The van der Waals surface area contributed by atoms with Gasteiger partial charge in [0.1, 0.15) is 0 Å². The van der Waals surface area contributed by atoms with Crippen molar-refractivity contribution in [2.75, 3.05) is 6.61 Å². The van der Waals surface area contributed by atoms with Gasteiger partial charge in [0.25, 0.3) is 0 Å². The molecule has 0 amide bonds. The van der Waals surface area contributed by atoms with Crippen molar-refractivity contribution >= 4 is 8.32 Å². The average Bonchev–Trinajstić information content (AvgIpc) is 2.09. The molecule has 4 heteroatoms. The molecule has 0 aliphatic rings. The standard InChI is InChI=1S/C13H30O3Si/c1-11(14)10-12(15)8-7-9-16-17(5,6)13(2,3)4/h11-12,14-15H,7-10H2,1-6H3/t11-,12-/m1/s1. The topological polar surface area (TPSA) is 49.7 Å². The lowest BCUT2D eigenvalue weighted by Gasteiger charge is -2.36. The molecule has 0 aliphatic heterocycles. The Balaban J connectivity index is 3.78. The van der Waals surface area contributed by atoms with Crippen LogP contribution in [0.2, 0.25) is 18.1 Å². The van der Waals surface area contributed by atoms with Gasteiger partial charge in [-0.05, 0) is 44.3 Å². The van der Waals surface area contributed by atoms with Crippen LogP contribution in [0.5, 0.6) is 0 Å². The van der Waals surface area contributed by atoms with Crippen molar-refractivity contribution in [1.29, 1.82) is 0 Å². The van der Waals surface area contributed by atoms with Gasteiger partial charge in [0.05, 0.1) is 12.2 Å². The van der Waals surface area contributed by atoms with Gasteiger partial charge in [0, 0.05) is 6.61 Å². The highest BCUT2D eigenvalue weighted by Gasteiger charge is 2.36. The number of aliphatic hydroxyl groups is 2. The van der Waals surface area contributed by atoms with Crippen LogP contribution in [0.25, 0.3) is 0 Å². The molecule has 0 aromatic carbocycles. The Bertz CT molecular complexity index is 209. The van der Waals surface area contributed by atoms with Gasteiger partial charge in [-0.3, -0.25) is 0 Å². The van der Waals surface area contributed by atoms with Crippen molar-refractivity contribution in [2.45, 2.75) is 77.3 Å². The van der Waals surface area contributed by atoms with E-state index < -0.39 is 20.5 Å². The Morgan fingerprint density at radius 2 is 1.71 bits per heavy atom. The minimum atomic E-state index is -1.64. The molecule has 0 radical (unpaired) electrons. The van der Waals surface area contributed by atoms with Crippen LogP contribution in [-0.4, -0.2) is 37.3 Å². The predicted octanol–water partition coefficient (Wildman–Crippen LogP) is 2.92. The van der Waals surface area contributed by atoms with E-state index in [0.29, 0.717) is 19.4 Å². The molecule has 0 aromatic rings. The first kappa shape index (κ1) is 17.1. The molecule has 0 spiro atoms. The Kier molecular flexibility index (Phi) is 6.92. The molecule has 0 aliphatic carbocycles. The maximum atomic E-state index is 9.60. The quantitative estimate of drug-likeness (QED) is 0.548. The number of aliphatic hydroxyl groups excluding tert-OH is 2. The number of rotatable bonds is 7. The zero-order chi connectivity index (χ0) is 13.7. The average molecular weight is 262 g/mol. The summed E-state index contributed by atoms with van der Waals surface area (Å²) in [6.45, 7) is 13.6. The third-order valence-electron chi connectivity index (χ3n) is 3.56. The van der Waals surface area contributed by atoms with E-state index in [-0.39, 0.29) is 5.04 Å². The van der Waals surface area contributed by atoms with Crippen LogP contribution in [0.4, 0.5) is 0 Å². The third-order valence-corrected chi connectivity index (χ3v) is 8.10. The summed E-state index contributed by atoms with van der Waals surface area (Å²) in [5, 5.41) is 19.0. The highest BCUT2D eigenvalue weighted by molar-refractivity contribution is 6.74. The van der Waals surface area contributed by atoms with Gasteiger partial charge in [0.2, 0.25) is 0 Å². The summed E-state index contributed by atoms with van der Waals surface area (Å²) in [6, 6.07) is 0. The summed E-state index contributed by atoms with van der Waals surface area (Å²) in [6.07, 6.45) is 1.20. The molecule has 0 saturated heterocycles. The Morgan fingerprint density at radius 1 is 1.18 bits per heavy atom. The summed E-state index contributed by atoms with van der Waals surface area (Å²) in [7, 11) is -1.64. The van der Waals surface area contributed by atoms with Gasteiger partial charge in [0.15, 0.2) is 8.32 Å². The van der Waals surface area contributed by atoms with Crippen LogP contribution in [0, 0.1) is 0 Å². The molecule has 3 nitrogen and oxygen atoms in total. The minimum absolute atomic E-state index is 0.241. The molecule has 104 valence electrons. The van der Waals surface area contributed by atoms with Gasteiger partial charge in [-0.25, -0.2) is 0 Å². The molecule has 0 bridgehead atoms. The molecular weight excluding hydrogens is 232 g/mol. The van der Waals surface area contributed by atoms with Gasteiger partial charge in [-0.15, -0.1) is 0 Å². The van der Waals surface area contributed by atoms with E-state index in [1.165, 1.54) is 0 Å². The fraction of sp³-hybridized carbons (Fsp3) is 1.00. The van der Waals surface area contributed by atoms with Crippen molar-refractivity contribution in [2.24, 2.45) is 0 Å². The first-order chi connectivity index (χ1) is 7.56. The van der Waals surface area contributed by atoms with E-state index in [2.05, 4.69) is 33.9 Å². The third kappa shape index (κ3) is 7.19. The van der Waals surface area contributed by atoms with Crippen LogP contribution < -0.4 is 0 Å².